The zero-order chi connectivity index (χ0) is 20.6. The summed E-state index contributed by atoms with van der Waals surface area (Å²) in [6.07, 6.45) is 10.3. The molecule has 1 saturated heterocycles. The minimum atomic E-state index is -0.493. The average Bonchev–Trinajstić information content (AvgIpc) is 3.16. The zero-order valence-electron chi connectivity index (χ0n) is 17.3. The fraction of sp³-hybridized carbons (Fsp3) is 0.636. The molecule has 2 aromatic rings. The standard InChI is InChI=1S/C22H29N5O3/c28-20-21(29)27(13-17-4-2-1-3-5-17)24-19-14-30-22(16-26(19)20)8-11-25(15-22)12-18-6-9-23-10-7-18/h6-7,9-10,17H,1-5,8,11-16H2. The zero-order valence-corrected chi connectivity index (χ0v) is 17.3. The van der Waals surface area contributed by atoms with Crippen LogP contribution >= 0.6 is 0 Å². The Morgan fingerprint density at radius 3 is 2.67 bits per heavy atom. The highest BCUT2D eigenvalue weighted by molar-refractivity contribution is 5.11. The number of rotatable bonds is 4. The van der Waals surface area contributed by atoms with E-state index in [4.69, 9.17) is 4.74 Å². The molecule has 0 bridgehead atoms. The van der Waals surface area contributed by atoms with Crippen LogP contribution in [0.3, 0.4) is 0 Å². The van der Waals surface area contributed by atoms with E-state index in [1.165, 1.54) is 29.5 Å². The summed E-state index contributed by atoms with van der Waals surface area (Å²) in [6, 6.07) is 4.04. The third kappa shape index (κ3) is 3.86. The van der Waals surface area contributed by atoms with Gasteiger partial charge in [-0.05, 0) is 42.9 Å². The number of likely N-dealkylation sites (tertiary alicyclic amines) is 1. The smallest absolute Gasteiger partial charge is 0.332 e. The van der Waals surface area contributed by atoms with Crippen LogP contribution in [0.15, 0.2) is 34.1 Å². The van der Waals surface area contributed by atoms with Gasteiger partial charge < -0.3 is 4.74 Å². The first kappa shape index (κ1) is 19.6. The summed E-state index contributed by atoms with van der Waals surface area (Å²) in [5, 5.41) is 4.53. The van der Waals surface area contributed by atoms with Gasteiger partial charge in [0.05, 0.1) is 6.54 Å². The highest BCUT2D eigenvalue weighted by Gasteiger charge is 2.43. The monoisotopic (exact) mass is 411 g/mol. The molecule has 160 valence electrons. The molecule has 0 radical (unpaired) electrons. The van der Waals surface area contributed by atoms with Gasteiger partial charge in [0.25, 0.3) is 0 Å². The van der Waals surface area contributed by atoms with E-state index < -0.39 is 16.7 Å². The number of hydrogen-bond donors (Lipinski definition) is 0. The second kappa shape index (κ2) is 8.07. The lowest BCUT2D eigenvalue weighted by molar-refractivity contribution is -0.0860. The van der Waals surface area contributed by atoms with Crippen LogP contribution in [0.1, 0.15) is 49.9 Å². The molecular formula is C22H29N5O3. The molecule has 2 fully saturated rings. The summed E-state index contributed by atoms with van der Waals surface area (Å²) in [6.45, 7) is 3.71. The number of hydrogen-bond acceptors (Lipinski definition) is 6. The lowest BCUT2D eigenvalue weighted by Crippen LogP contribution is -2.53. The molecule has 1 aliphatic carbocycles. The first-order valence-corrected chi connectivity index (χ1v) is 11.1. The highest BCUT2D eigenvalue weighted by Crippen LogP contribution is 2.32. The van der Waals surface area contributed by atoms with E-state index in [0.29, 0.717) is 24.8 Å². The van der Waals surface area contributed by atoms with E-state index in [1.807, 2.05) is 12.1 Å². The molecule has 2 aliphatic heterocycles. The minimum Gasteiger partial charge on any atom is -0.364 e. The number of aromatic nitrogens is 4. The molecule has 4 heterocycles. The quantitative estimate of drug-likeness (QED) is 0.710. The molecule has 0 amide bonds. The molecule has 8 nitrogen and oxygen atoms in total. The van der Waals surface area contributed by atoms with Crippen LogP contribution in [0.2, 0.25) is 0 Å². The van der Waals surface area contributed by atoms with E-state index in [0.717, 1.165) is 38.9 Å². The summed E-state index contributed by atoms with van der Waals surface area (Å²) in [4.78, 5) is 32.0. The number of nitrogens with zero attached hydrogens (tertiary/aromatic N) is 5. The van der Waals surface area contributed by atoms with Crippen molar-refractivity contribution in [3.8, 4) is 0 Å². The Labute approximate surface area is 175 Å². The fourth-order valence-electron chi connectivity index (χ4n) is 5.20. The van der Waals surface area contributed by atoms with Crippen molar-refractivity contribution in [1.82, 2.24) is 24.2 Å². The van der Waals surface area contributed by atoms with Gasteiger partial charge in [0.2, 0.25) is 0 Å². The second-order valence-corrected chi connectivity index (χ2v) is 9.09. The Balaban J connectivity index is 1.32. The van der Waals surface area contributed by atoms with E-state index >= 15 is 0 Å². The van der Waals surface area contributed by atoms with Crippen LogP contribution in [-0.2, 0) is 31.0 Å². The molecule has 5 rings (SSSR count). The van der Waals surface area contributed by atoms with Crippen LogP contribution in [0, 0.1) is 5.92 Å². The fourth-order valence-corrected chi connectivity index (χ4v) is 5.20. The molecule has 0 N–H and O–H groups in total. The van der Waals surface area contributed by atoms with Crippen molar-refractivity contribution < 1.29 is 4.74 Å². The van der Waals surface area contributed by atoms with Gasteiger partial charge in [0.15, 0.2) is 5.82 Å². The second-order valence-electron chi connectivity index (χ2n) is 9.09. The Morgan fingerprint density at radius 2 is 1.87 bits per heavy atom. The molecular weight excluding hydrogens is 382 g/mol. The van der Waals surface area contributed by atoms with Gasteiger partial charge in [0, 0.05) is 38.6 Å². The van der Waals surface area contributed by atoms with Gasteiger partial charge in [-0.2, -0.15) is 5.10 Å². The summed E-state index contributed by atoms with van der Waals surface area (Å²) in [7, 11) is 0. The first-order valence-electron chi connectivity index (χ1n) is 11.1. The topological polar surface area (TPSA) is 82.2 Å². The van der Waals surface area contributed by atoms with Crippen molar-refractivity contribution in [3.63, 3.8) is 0 Å². The van der Waals surface area contributed by atoms with E-state index in [9.17, 15) is 9.59 Å². The minimum absolute atomic E-state index is 0.281. The van der Waals surface area contributed by atoms with Gasteiger partial charge >= 0.3 is 11.1 Å². The maximum atomic E-state index is 12.9. The summed E-state index contributed by atoms with van der Waals surface area (Å²) >= 11 is 0. The van der Waals surface area contributed by atoms with Crippen molar-refractivity contribution in [2.24, 2.45) is 5.92 Å². The Kier molecular flexibility index (Phi) is 5.28. The van der Waals surface area contributed by atoms with Crippen LogP contribution < -0.4 is 11.1 Å². The van der Waals surface area contributed by atoms with Gasteiger partial charge in [-0.25, -0.2) is 4.68 Å². The normalized spacial score (nSPS) is 24.9. The summed E-state index contributed by atoms with van der Waals surface area (Å²) < 4.78 is 9.24. The third-order valence-electron chi connectivity index (χ3n) is 6.87. The van der Waals surface area contributed by atoms with Crippen molar-refractivity contribution in [1.29, 1.82) is 0 Å². The molecule has 8 heteroatoms. The summed E-state index contributed by atoms with van der Waals surface area (Å²) in [5.74, 6) is 1.02. The molecule has 30 heavy (non-hydrogen) atoms. The predicted octanol–water partition coefficient (Wildman–Crippen LogP) is 1.56. The Morgan fingerprint density at radius 1 is 1.07 bits per heavy atom. The maximum absolute atomic E-state index is 12.9. The van der Waals surface area contributed by atoms with Crippen molar-refractivity contribution in [2.45, 2.75) is 70.4 Å². The number of ether oxygens (including phenoxy) is 1. The lowest BCUT2D eigenvalue weighted by Gasteiger charge is -2.35. The van der Waals surface area contributed by atoms with Crippen molar-refractivity contribution >= 4 is 0 Å². The SMILES string of the molecule is O=c1c(=O)n2c(nn1CC1CCCCC1)COC1(CCN(Cc3ccncc3)C1)C2. The van der Waals surface area contributed by atoms with Crippen LogP contribution in [0.5, 0.6) is 0 Å². The Hall–Kier alpha value is -2.32. The summed E-state index contributed by atoms with van der Waals surface area (Å²) in [5.41, 5.74) is -0.158. The van der Waals surface area contributed by atoms with Gasteiger partial charge in [-0.15, -0.1) is 0 Å². The largest absolute Gasteiger partial charge is 0.364 e. The average molecular weight is 412 g/mol. The lowest BCUT2D eigenvalue weighted by atomic mass is 9.89. The van der Waals surface area contributed by atoms with Gasteiger partial charge in [0.1, 0.15) is 12.2 Å². The highest BCUT2D eigenvalue weighted by atomic mass is 16.5. The van der Waals surface area contributed by atoms with Crippen molar-refractivity contribution in [3.05, 3.63) is 56.6 Å². The molecule has 1 unspecified atom stereocenters. The first-order chi connectivity index (χ1) is 14.6. The molecule has 0 aromatic carbocycles. The maximum Gasteiger partial charge on any atom is 0.332 e. The van der Waals surface area contributed by atoms with E-state index in [-0.39, 0.29) is 6.61 Å². The predicted molar refractivity (Wildman–Crippen MR) is 111 cm³/mol. The van der Waals surface area contributed by atoms with Gasteiger partial charge in [-0.3, -0.25) is 24.0 Å². The number of fused-ring (bicyclic) bond motifs is 1. The van der Waals surface area contributed by atoms with Crippen molar-refractivity contribution in [2.75, 3.05) is 13.1 Å². The molecule has 1 spiro atoms. The number of pyridine rings is 1. The van der Waals surface area contributed by atoms with Crippen LogP contribution in [0.4, 0.5) is 0 Å². The van der Waals surface area contributed by atoms with E-state index in [2.05, 4.69) is 15.0 Å². The molecule has 1 saturated carbocycles. The molecule has 1 atom stereocenters. The van der Waals surface area contributed by atoms with E-state index in [1.54, 1.807) is 17.0 Å². The van der Waals surface area contributed by atoms with Crippen LogP contribution in [0.25, 0.3) is 0 Å². The van der Waals surface area contributed by atoms with Gasteiger partial charge in [-0.1, -0.05) is 19.3 Å². The molecule has 3 aliphatic rings. The third-order valence-corrected chi connectivity index (χ3v) is 6.87. The Bertz CT molecular complexity index is 1010. The van der Waals surface area contributed by atoms with Crippen LogP contribution in [-0.4, -0.2) is 42.9 Å². The molecule has 2 aromatic heterocycles.